The number of fused-ring (bicyclic) bond motifs is 2. The number of aromatic amines is 1. The number of pyridine rings is 2. The number of aromatic nitrogens is 4. The summed E-state index contributed by atoms with van der Waals surface area (Å²) in [5.41, 5.74) is 1.08. The summed E-state index contributed by atoms with van der Waals surface area (Å²) in [6.07, 6.45) is 3.51. The van der Waals surface area contributed by atoms with Crippen molar-refractivity contribution in [3.8, 4) is 5.69 Å². The number of H-pyrrole nitrogens is 1. The van der Waals surface area contributed by atoms with Crippen molar-refractivity contribution in [2.75, 3.05) is 5.32 Å². The highest BCUT2D eigenvalue weighted by Gasteiger charge is 2.23. The van der Waals surface area contributed by atoms with Gasteiger partial charge in [-0.1, -0.05) is 48.0 Å². The SMILES string of the molecule is C[C@H](Nc1ncnc2[nH]ccc(=O)c12)c1c(Cl)c2cccc(C=O)c2c(=O)n1-c1ccccc1. The first-order valence-corrected chi connectivity index (χ1v) is 10.9. The second-order valence-electron chi connectivity index (χ2n) is 7.72. The Labute approximate surface area is 197 Å². The fourth-order valence-corrected chi connectivity index (χ4v) is 4.56. The molecule has 1 atom stereocenters. The Morgan fingerprint density at radius 3 is 2.59 bits per heavy atom. The summed E-state index contributed by atoms with van der Waals surface area (Å²) in [6, 6.07) is 14.9. The molecule has 0 aliphatic carbocycles. The van der Waals surface area contributed by atoms with Crippen LogP contribution >= 0.6 is 11.6 Å². The summed E-state index contributed by atoms with van der Waals surface area (Å²) in [5.74, 6) is 0.309. The number of para-hydroxylation sites is 1. The van der Waals surface area contributed by atoms with E-state index in [1.54, 1.807) is 30.3 Å². The highest BCUT2D eigenvalue weighted by atomic mass is 35.5. The normalized spacial score (nSPS) is 12.1. The van der Waals surface area contributed by atoms with E-state index < -0.39 is 6.04 Å². The summed E-state index contributed by atoms with van der Waals surface area (Å²) in [7, 11) is 0. The van der Waals surface area contributed by atoms with Crippen LogP contribution in [0.5, 0.6) is 0 Å². The first-order valence-electron chi connectivity index (χ1n) is 10.5. The van der Waals surface area contributed by atoms with E-state index in [1.165, 1.54) is 23.2 Å². The van der Waals surface area contributed by atoms with Gasteiger partial charge in [0.2, 0.25) is 0 Å². The second kappa shape index (κ2) is 8.57. The van der Waals surface area contributed by atoms with Gasteiger partial charge in [0.1, 0.15) is 23.2 Å². The van der Waals surface area contributed by atoms with Gasteiger partial charge in [-0.2, -0.15) is 0 Å². The minimum Gasteiger partial charge on any atom is -0.361 e. The zero-order valence-electron chi connectivity index (χ0n) is 17.9. The highest BCUT2D eigenvalue weighted by Crippen LogP contribution is 2.33. The highest BCUT2D eigenvalue weighted by molar-refractivity contribution is 6.36. The molecule has 0 bridgehead atoms. The number of carbonyl (C=O) groups excluding carboxylic acids is 1. The molecule has 2 N–H and O–H groups in total. The van der Waals surface area contributed by atoms with Gasteiger partial charge in [-0.15, -0.1) is 0 Å². The van der Waals surface area contributed by atoms with E-state index in [9.17, 15) is 14.4 Å². The van der Waals surface area contributed by atoms with Crippen LogP contribution in [0.3, 0.4) is 0 Å². The Morgan fingerprint density at radius 1 is 1.03 bits per heavy atom. The molecule has 8 nitrogen and oxygen atoms in total. The molecule has 0 unspecified atom stereocenters. The molecule has 0 saturated carbocycles. The molecule has 0 spiro atoms. The van der Waals surface area contributed by atoms with Gasteiger partial charge in [0.05, 0.1) is 22.1 Å². The van der Waals surface area contributed by atoms with Crippen molar-refractivity contribution in [3.05, 3.63) is 104 Å². The van der Waals surface area contributed by atoms with E-state index in [0.29, 0.717) is 44.9 Å². The van der Waals surface area contributed by atoms with Crippen LogP contribution in [0, 0.1) is 0 Å². The lowest BCUT2D eigenvalue weighted by Gasteiger charge is -2.23. The van der Waals surface area contributed by atoms with Crippen LogP contribution in [-0.4, -0.2) is 25.8 Å². The first-order chi connectivity index (χ1) is 16.5. The zero-order chi connectivity index (χ0) is 23.8. The lowest BCUT2D eigenvalue weighted by Crippen LogP contribution is -2.27. The number of carbonyl (C=O) groups is 1. The van der Waals surface area contributed by atoms with Crippen molar-refractivity contribution in [3.63, 3.8) is 0 Å². The third kappa shape index (κ3) is 3.45. The summed E-state index contributed by atoms with van der Waals surface area (Å²) >= 11 is 6.89. The number of aldehydes is 1. The number of rotatable bonds is 5. The molecule has 168 valence electrons. The third-order valence-corrected chi connectivity index (χ3v) is 6.07. The Hall–Kier alpha value is -4.30. The van der Waals surface area contributed by atoms with E-state index in [4.69, 9.17) is 11.6 Å². The Balaban J connectivity index is 1.79. The maximum absolute atomic E-state index is 13.7. The summed E-state index contributed by atoms with van der Waals surface area (Å²) in [4.78, 5) is 49.3. The average molecular weight is 472 g/mol. The molecule has 0 aliphatic heterocycles. The molecule has 0 saturated heterocycles. The lowest BCUT2D eigenvalue weighted by atomic mass is 10.0. The van der Waals surface area contributed by atoms with Gasteiger partial charge < -0.3 is 10.3 Å². The Morgan fingerprint density at radius 2 is 1.82 bits per heavy atom. The number of nitrogens with zero attached hydrogens (tertiary/aromatic N) is 3. The third-order valence-electron chi connectivity index (χ3n) is 5.67. The topological polar surface area (TPSA) is 110 Å². The molecular weight excluding hydrogens is 454 g/mol. The number of hydrogen-bond donors (Lipinski definition) is 2. The van der Waals surface area contributed by atoms with Crippen molar-refractivity contribution < 1.29 is 4.79 Å². The number of benzene rings is 2. The molecule has 0 amide bonds. The van der Waals surface area contributed by atoms with E-state index >= 15 is 0 Å². The van der Waals surface area contributed by atoms with Crippen LogP contribution < -0.4 is 16.3 Å². The van der Waals surface area contributed by atoms with Crippen molar-refractivity contribution in [2.45, 2.75) is 13.0 Å². The van der Waals surface area contributed by atoms with Gasteiger partial charge in [0.25, 0.3) is 5.56 Å². The van der Waals surface area contributed by atoms with Crippen LogP contribution in [0.4, 0.5) is 5.82 Å². The molecule has 0 radical (unpaired) electrons. The molecule has 5 aromatic rings. The molecule has 5 rings (SSSR count). The molecule has 9 heteroatoms. The molecule has 3 heterocycles. The maximum Gasteiger partial charge on any atom is 0.264 e. The van der Waals surface area contributed by atoms with Crippen LogP contribution in [0.15, 0.2) is 76.7 Å². The maximum atomic E-state index is 13.7. The van der Waals surface area contributed by atoms with Crippen molar-refractivity contribution in [1.82, 2.24) is 19.5 Å². The van der Waals surface area contributed by atoms with E-state index in [-0.39, 0.29) is 21.9 Å². The molecule has 2 aromatic carbocycles. The van der Waals surface area contributed by atoms with Gasteiger partial charge in [0.15, 0.2) is 11.7 Å². The van der Waals surface area contributed by atoms with Crippen molar-refractivity contribution in [2.24, 2.45) is 0 Å². The standard InChI is InChI=1S/C25H18ClN5O3/c1-14(30-24-20-18(33)10-11-27-23(20)28-13-29-24)22-21(26)17-9-5-6-15(12-32)19(17)25(34)31(22)16-7-3-2-4-8-16/h2-14H,1H3,(H2,27,28,29,30,33)/t14-/m0/s1. The lowest BCUT2D eigenvalue weighted by molar-refractivity contribution is 0.112. The van der Waals surface area contributed by atoms with Crippen LogP contribution in [0.1, 0.15) is 29.0 Å². The number of nitrogens with one attached hydrogen (secondary N) is 2. The van der Waals surface area contributed by atoms with Gasteiger partial charge in [-0.25, -0.2) is 9.97 Å². The predicted octanol–water partition coefficient (Wildman–Crippen LogP) is 4.26. The van der Waals surface area contributed by atoms with Gasteiger partial charge in [-0.05, 0) is 19.1 Å². The largest absolute Gasteiger partial charge is 0.361 e. The smallest absolute Gasteiger partial charge is 0.264 e. The molecule has 0 fully saturated rings. The Kier molecular flexibility index (Phi) is 5.43. The summed E-state index contributed by atoms with van der Waals surface area (Å²) in [6.45, 7) is 1.82. The quantitative estimate of drug-likeness (QED) is 0.370. The summed E-state index contributed by atoms with van der Waals surface area (Å²) < 4.78 is 1.49. The number of halogens is 1. The van der Waals surface area contributed by atoms with Crippen molar-refractivity contribution in [1.29, 1.82) is 0 Å². The predicted molar refractivity (Wildman–Crippen MR) is 132 cm³/mol. The van der Waals surface area contributed by atoms with Crippen LogP contribution in [-0.2, 0) is 0 Å². The van der Waals surface area contributed by atoms with E-state index in [0.717, 1.165) is 0 Å². The second-order valence-corrected chi connectivity index (χ2v) is 8.09. The number of hydrogen-bond acceptors (Lipinski definition) is 6. The Bertz CT molecular complexity index is 1670. The number of anilines is 1. The minimum absolute atomic E-state index is 0.242. The van der Waals surface area contributed by atoms with Gasteiger partial charge in [-0.3, -0.25) is 19.0 Å². The fourth-order valence-electron chi connectivity index (χ4n) is 4.16. The van der Waals surface area contributed by atoms with E-state index in [1.807, 2.05) is 25.1 Å². The average Bonchev–Trinajstić information content (AvgIpc) is 2.86. The minimum atomic E-state index is -0.553. The first kappa shape index (κ1) is 21.5. The fraction of sp³-hybridized carbons (Fsp3) is 0.0800. The van der Waals surface area contributed by atoms with E-state index in [2.05, 4.69) is 20.3 Å². The molecule has 3 aromatic heterocycles. The molecule has 34 heavy (non-hydrogen) atoms. The van der Waals surface area contributed by atoms with Crippen LogP contribution in [0.25, 0.3) is 27.5 Å². The zero-order valence-corrected chi connectivity index (χ0v) is 18.7. The summed E-state index contributed by atoms with van der Waals surface area (Å²) in [5, 5.41) is 4.55. The monoisotopic (exact) mass is 471 g/mol. The van der Waals surface area contributed by atoms with Gasteiger partial charge in [0, 0.05) is 28.9 Å². The molecular formula is C25H18ClN5O3. The molecule has 0 aliphatic rings. The van der Waals surface area contributed by atoms with Crippen LogP contribution in [0.2, 0.25) is 5.02 Å². The van der Waals surface area contributed by atoms with Gasteiger partial charge >= 0.3 is 0 Å². The van der Waals surface area contributed by atoms with Crippen molar-refractivity contribution >= 4 is 45.5 Å².